The van der Waals surface area contributed by atoms with Gasteiger partial charge in [-0.1, -0.05) is 25.1 Å². The second-order valence-corrected chi connectivity index (χ2v) is 8.70. The summed E-state index contributed by atoms with van der Waals surface area (Å²) >= 11 is 0. The first-order valence-electron chi connectivity index (χ1n) is 10.6. The van der Waals surface area contributed by atoms with Crippen LogP contribution in [-0.4, -0.2) is 37.7 Å². The monoisotopic (exact) mass is 424 g/mol. The second-order valence-electron chi connectivity index (χ2n) is 8.70. The number of fused-ring (bicyclic) bond motifs is 1. The van der Waals surface area contributed by atoms with Crippen LogP contribution in [0.15, 0.2) is 30.3 Å². The number of aliphatic carboxylic acids is 1. The fourth-order valence-electron chi connectivity index (χ4n) is 4.44. The summed E-state index contributed by atoms with van der Waals surface area (Å²) in [4.78, 5) is 23.3. The van der Waals surface area contributed by atoms with Crippen LogP contribution in [0.1, 0.15) is 48.5 Å². The Balaban J connectivity index is 1.67. The van der Waals surface area contributed by atoms with E-state index in [1.54, 1.807) is 21.1 Å². The largest absolute Gasteiger partial charge is 0.493 e. The van der Waals surface area contributed by atoms with E-state index in [1.165, 1.54) is 0 Å². The van der Waals surface area contributed by atoms with E-state index in [0.29, 0.717) is 36.7 Å². The number of aryl methyl sites for hydroxylation is 1. The van der Waals surface area contributed by atoms with E-state index in [-0.39, 0.29) is 11.2 Å². The highest BCUT2D eigenvalue weighted by molar-refractivity contribution is 6.01. The molecule has 31 heavy (non-hydrogen) atoms. The van der Waals surface area contributed by atoms with E-state index in [9.17, 15) is 14.7 Å². The molecule has 2 aliphatic rings. The topological polar surface area (TPSA) is 82.1 Å². The minimum atomic E-state index is -0.779. The molecule has 0 aliphatic heterocycles. The lowest BCUT2D eigenvalue weighted by atomic mass is 9.93. The Kier molecular flexibility index (Phi) is 5.65. The lowest BCUT2D eigenvalue weighted by Crippen LogP contribution is -2.21. The zero-order valence-electron chi connectivity index (χ0n) is 18.2. The highest BCUT2D eigenvalue weighted by Crippen LogP contribution is 2.52. The van der Waals surface area contributed by atoms with Gasteiger partial charge >= 0.3 is 5.97 Å². The van der Waals surface area contributed by atoms with Gasteiger partial charge in [0.15, 0.2) is 17.3 Å². The van der Waals surface area contributed by atoms with Crippen LogP contribution in [0.5, 0.6) is 17.2 Å². The van der Waals surface area contributed by atoms with Gasteiger partial charge in [-0.05, 0) is 48.9 Å². The SMILES string of the molecule is COc1ccc(-c2ccc3c(c2)CCC3=O)c(OCC2(CC(C)C(=O)O)CC2)c1OC. The number of hydrogen-bond donors (Lipinski definition) is 1. The van der Waals surface area contributed by atoms with Gasteiger partial charge in [-0.3, -0.25) is 9.59 Å². The van der Waals surface area contributed by atoms with Crippen molar-refractivity contribution in [3.05, 3.63) is 41.5 Å². The van der Waals surface area contributed by atoms with Crippen LogP contribution >= 0.6 is 0 Å². The van der Waals surface area contributed by atoms with Crippen molar-refractivity contribution in [2.75, 3.05) is 20.8 Å². The summed E-state index contributed by atoms with van der Waals surface area (Å²) in [6.07, 6.45) is 3.80. The zero-order valence-corrected chi connectivity index (χ0v) is 18.2. The summed E-state index contributed by atoms with van der Waals surface area (Å²) in [6, 6.07) is 9.66. The predicted octanol–water partition coefficient (Wildman–Crippen LogP) is 4.77. The molecule has 1 fully saturated rings. The fraction of sp³-hybridized carbons (Fsp3) is 0.440. The van der Waals surface area contributed by atoms with Gasteiger partial charge in [0.25, 0.3) is 0 Å². The number of ether oxygens (including phenoxy) is 3. The molecule has 6 heteroatoms. The van der Waals surface area contributed by atoms with Gasteiger partial charge in [-0.2, -0.15) is 0 Å². The molecular weight excluding hydrogens is 396 g/mol. The van der Waals surface area contributed by atoms with Crippen LogP contribution in [-0.2, 0) is 11.2 Å². The lowest BCUT2D eigenvalue weighted by molar-refractivity contribution is -0.141. The number of Topliss-reactive ketones (excluding diaryl/α,β-unsaturated/α-hetero) is 1. The van der Waals surface area contributed by atoms with E-state index >= 15 is 0 Å². The number of ketones is 1. The third kappa shape index (κ3) is 4.11. The van der Waals surface area contributed by atoms with Crippen molar-refractivity contribution in [1.82, 2.24) is 0 Å². The quantitative estimate of drug-likeness (QED) is 0.624. The van der Waals surface area contributed by atoms with Crippen molar-refractivity contribution >= 4 is 11.8 Å². The smallest absolute Gasteiger partial charge is 0.306 e. The lowest BCUT2D eigenvalue weighted by Gasteiger charge is -2.22. The molecule has 0 bridgehead atoms. The molecule has 1 N–H and O–H groups in total. The highest BCUT2D eigenvalue weighted by atomic mass is 16.5. The Morgan fingerprint density at radius 1 is 1.06 bits per heavy atom. The first kappa shape index (κ1) is 21.2. The summed E-state index contributed by atoms with van der Waals surface area (Å²) in [7, 11) is 3.16. The van der Waals surface area contributed by atoms with E-state index in [1.807, 2.05) is 30.3 Å². The van der Waals surface area contributed by atoms with Gasteiger partial charge in [0.05, 0.1) is 26.7 Å². The summed E-state index contributed by atoms with van der Waals surface area (Å²) in [6.45, 7) is 2.16. The Morgan fingerprint density at radius 2 is 1.81 bits per heavy atom. The van der Waals surface area contributed by atoms with Gasteiger partial charge in [-0.15, -0.1) is 0 Å². The average Bonchev–Trinajstić information content (AvgIpc) is 3.44. The van der Waals surface area contributed by atoms with Gasteiger partial charge < -0.3 is 19.3 Å². The Bertz CT molecular complexity index is 1020. The van der Waals surface area contributed by atoms with Crippen LogP contribution in [0.3, 0.4) is 0 Å². The number of rotatable bonds is 9. The molecule has 2 aliphatic carbocycles. The van der Waals surface area contributed by atoms with Crippen molar-refractivity contribution in [2.45, 2.75) is 39.0 Å². The molecule has 0 amide bonds. The summed E-state index contributed by atoms with van der Waals surface area (Å²) < 4.78 is 17.5. The van der Waals surface area contributed by atoms with Crippen LogP contribution in [0, 0.1) is 11.3 Å². The number of carboxylic acid groups (broad SMARTS) is 1. The van der Waals surface area contributed by atoms with Gasteiger partial charge in [-0.25, -0.2) is 0 Å². The van der Waals surface area contributed by atoms with E-state index in [2.05, 4.69) is 0 Å². The molecule has 1 unspecified atom stereocenters. The maximum absolute atomic E-state index is 12.0. The number of carbonyl (C=O) groups excluding carboxylic acids is 1. The summed E-state index contributed by atoms with van der Waals surface area (Å²) in [5.74, 6) is 0.666. The van der Waals surface area contributed by atoms with Crippen LogP contribution in [0.25, 0.3) is 11.1 Å². The normalized spacial score (nSPS) is 17.1. The third-order valence-electron chi connectivity index (χ3n) is 6.48. The molecule has 1 atom stereocenters. The van der Waals surface area contributed by atoms with Crippen molar-refractivity contribution < 1.29 is 28.9 Å². The molecule has 6 nitrogen and oxygen atoms in total. The van der Waals surface area contributed by atoms with Crippen molar-refractivity contribution in [3.8, 4) is 28.4 Å². The van der Waals surface area contributed by atoms with E-state index < -0.39 is 11.9 Å². The van der Waals surface area contributed by atoms with Gasteiger partial charge in [0, 0.05) is 23.0 Å². The molecule has 1 saturated carbocycles. The van der Waals surface area contributed by atoms with Crippen molar-refractivity contribution in [3.63, 3.8) is 0 Å². The van der Waals surface area contributed by atoms with E-state index in [4.69, 9.17) is 14.2 Å². The van der Waals surface area contributed by atoms with Crippen LogP contribution in [0.2, 0.25) is 0 Å². The predicted molar refractivity (Wildman–Crippen MR) is 116 cm³/mol. The first-order valence-corrected chi connectivity index (χ1v) is 10.6. The highest BCUT2D eigenvalue weighted by Gasteiger charge is 2.45. The number of carboxylic acids is 1. The van der Waals surface area contributed by atoms with Crippen molar-refractivity contribution in [1.29, 1.82) is 0 Å². The molecule has 164 valence electrons. The first-order chi connectivity index (χ1) is 14.9. The zero-order chi connectivity index (χ0) is 22.2. The molecule has 4 rings (SSSR count). The molecule has 0 heterocycles. The molecule has 2 aromatic rings. The Morgan fingerprint density at radius 3 is 2.45 bits per heavy atom. The van der Waals surface area contributed by atoms with Gasteiger partial charge in [0.2, 0.25) is 5.75 Å². The molecule has 0 spiro atoms. The van der Waals surface area contributed by atoms with E-state index in [0.717, 1.165) is 41.5 Å². The second kappa shape index (κ2) is 8.25. The molecular formula is C25H28O6. The molecule has 2 aromatic carbocycles. The molecule has 0 aromatic heterocycles. The number of benzene rings is 2. The number of methoxy groups -OCH3 is 2. The maximum atomic E-state index is 12.0. The fourth-order valence-corrected chi connectivity index (χ4v) is 4.44. The summed E-state index contributed by atoms with van der Waals surface area (Å²) in [5, 5.41) is 9.30. The molecule has 0 saturated heterocycles. The minimum Gasteiger partial charge on any atom is -0.493 e. The molecule has 0 radical (unpaired) electrons. The van der Waals surface area contributed by atoms with Gasteiger partial charge in [0.1, 0.15) is 0 Å². The standard InChI is InChI=1S/C25H28O6/c1-15(24(27)28)13-25(10-11-25)14-31-22-19(7-9-21(29-2)23(22)30-3)17-4-6-18-16(12-17)5-8-20(18)26/h4,6-7,9,12,15H,5,8,10-11,13-14H2,1-3H3,(H,27,28). The van der Waals surface area contributed by atoms with Crippen LogP contribution < -0.4 is 14.2 Å². The number of hydrogen-bond acceptors (Lipinski definition) is 5. The number of carbonyl (C=O) groups is 2. The Hall–Kier alpha value is -3.02. The maximum Gasteiger partial charge on any atom is 0.306 e. The average molecular weight is 424 g/mol. The third-order valence-corrected chi connectivity index (χ3v) is 6.48. The van der Waals surface area contributed by atoms with Crippen LogP contribution in [0.4, 0.5) is 0 Å². The minimum absolute atomic E-state index is 0.118. The Labute approximate surface area is 182 Å². The summed E-state index contributed by atoms with van der Waals surface area (Å²) in [5.41, 5.74) is 3.55. The van der Waals surface area contributed by atoms with Crippen molar-refractivity contribution in [2.24, 2.45) is 11.3 Å².